The highest BCUT2D eigenvalue weighted by Crippen LogP contribution is 2.29. The third kappa shape index (κ3) is 6.15. The summed E-state index contributed by atoms with van der Waals surface area (Å²) in [6.07, 6.45) is -0.546. The quantitative estimate of drug-likeness (QED) is 0.455. The average molecular weight is 418 g/mol. The number of rotatable bonds is 8. The molecule has 1 aromatic heterocycles. The Balaban J connectivity index is 1.52. The van der Waals surface area contributed by atoms with Gasteiger partial charge in [0.2, 0.25) is 0 Å². The molecule has 1 fully saturated rings. The van der Waals surface area contributed by atoms with E-state index in [0.717, 1.165) is 56.6 Å². The van der Waals surface area contributed by atoms with Gasteiger partial charge in [0.15, 0.2) is 5.96 Å². The lowest BCUT2D eigenvalue weighted by Gasteiger charge is -2.37. The summed E-state index contributed by atoms with van der Waals surface area (Å²) in [7, 11) is 0. The van der Waals surface area contributed by atoms with Crippen LogP contribution in [0.25, 0.3) is 10.1 Å². The van der Waals surface area contributed by atoms with E-state index in [1.54, 1.807) is 11.3 Å². The van der Waals surface area contributed by atoms with Gasteiger partial charge < -0.3 is 20.6 Å². The molecule has 1 aliphatic heterocycles. The van der Waals surface area contributed by atoms with Gasteiger partial charge >= 0.3 is 0 Å². The molecule has 0 aliphatic carbocycles. The van der Waals surface area contributed by atoms with Gasteiger partial charge in [-0.1, -0.05) is 25.1 Å². The van der Waals surface area contributed by atoms with Crippen LogP contribution in [0.4, 0.5) is 0 Å². The van der Waals surface area contributed by atoms with Gasteiger partial charge in [0.1, 0.15) is 6.10 Å². The van der Waals surface area contributed by atoms with Crippen LogP contribution < -0.4 is 10.6 Å². The Morgan fingerprint density at radius 1 is 1.17 bits per heavy atom. The summed E-state index contributed by atoms with van der Waals surface area (Å²) >= 11 is 1.65. The number of benzene rings is 1. The summed E-state index contributed by atoms with van der Waals surface area (Å²) in [5, 5.41) is 18.4. The second-order valence-electron chi connectivity index (χ2n) is 7.62. The molecule has 2 aromatic rings. The van der Waals surface area contributed by atoms with Crippen LogP contribution in [0.15, 0.2) is 35.3 Å². The summed E-state index contributed by atoms with van der Waals surface area (Å²) in [5.41, 5.74) is 0. The van der Waals surface area contributed by atoms with Gasteiger partial charge in [0, 0.05) is 54.9 Å². The molecule has 1 saturated heterocycles. The Bertz CT molecular complexity index is 751. The number of aliphatic imine (C=N–C) groups is 1. The molecule has 160 valence electrons. The highest BCUT2D eigenvalue weighted by atomic mass is 32.1. The van der Waals surface area contributed by atoms with Crippen molar-refractivity contribution in [3.05, 3.63) is 35.2 Å². The van der Waals surface area contributed by atoms with Gasteiger partial charge in [-0.25, -0.2) is 0 Å². The number of thiophene rings is 1. The lowest BCUT2D eigenvalue weighted by atomic mass is 10.2. The molecular formula is C22H35N5OS. The van der Waals surface area contributed by atoms with Gasteiger partial charge in [0.25, 0.3) is 0 Å². The van der Waals surface area contributed by atoms with E-state index in [4.69, 9.17) is 4.99 Å². The van der Waals surface area contributed by atoms with E-state index in [9.17, 15) is 5.11 Å². The summed E-state index contributed by atoms with van der Waals surface area (Å²) in [6.45, 7) is 14.2. The number of likely N-dealkylation sites (N-methyl/N-ethyl adjacent to an activating group) is 1. The molecular weight excluding hydrogens is 382 g/mol. The first-order valence-electron chi connectivity index (χ1n) is 10.8. The smallest absolute Gasteiger partial charge is 0.191 e. The maximum atomic E-state index is 10.6. The minimum Gasteiger partial charge on any atom is -0.386 e. The van der Waals surface area contributed by atoms with Gasteiger partial charge in [0.05, 0.1) is 6.54 Å². The number of piperazine rings is 1. The number of aliphatic hydroxyl groups excluding tert-OH is 1. The number of nitrogens with zero attached hydrogens (tertiary/aromatic N) is 3. The average Bonchev–Trinajstić information content (AvgIpc) is 3.19. The van der Waals surface area contributed by atoms with Crippen molar-refractivity contribution < 1.29 is 5.11 Å². The van der Waals surface area contributed by atoms with Crippen LogP contribution in [-0.4, -0.2) is 79.3 Å². The number of guanidine groups is 1. The number of aliphatic hydroxyl groups is 1. The van der Waals surface area contributed by atoms with Crippen LogP contribution in [0.3, 0.4) is 0 Å². The second-order valence-corrected chi connectivity index (χ2v) is 8.74. The summed E-state index contributed by atoms with van der Waals surface area (Å²) < 4.78 is 1.21. The predicted molar refractivity (Wildman–Crippen MR) is 124 cm³/mol. The third-order valence-corrected chi connectivity index (χ3v) is 6.79. The SMILES string of the molecule is CCNC(=NCC(C)N1CCN(CC)CC1)NCC(O)c1cc2ccccc2s1. The van der Waals surface area contributed by atoms with Crippen molar-refractivity contribution >= 4 is 27.4 Å². The fourth-order valence-electron chi connectivity index (χ4n) is 3.66. The van der Waals surface area contributed by atoms with Crippen LogP contribution >= 0.6 is 11.3 Å². The van der Waals surface area contributed by atoms with Crippen LogP contribution in [0.2, 0.25) is 0 Å². The zero-order valence-electron chi connectivity index (χ0n) is 17.9. The predicted octanol–water partition coefficient (Wildman–Crippen LogP) is 2.52. The molecule has 3 rings (SSSR count). The molecule has 1 aromatic carbocycles. The van der Waals surface area contributed by atoms with Crippen molar-refractivity contribution in [1.82, 2.24) is 20.4 Å². The Labute approximate surface area is 178 Å². The maximum absolute atomic E-state index is 10.6. The first-order valence-corrected chi connectivity index (χ1v) is 11.6. The molecule has 2 unspecified atom stereocenters. The molecule has 7 heteroatoms. The number of hydrogen-bond acceptors (Lipinski definition) is 5. The van der Waals surface area contributed by atoms with Crippen molar-refractivity contribution in [2.75, 3.05) is 52.4 Å². The van der Waals surface area contributed by atoms with Gasteiger partial charge in [-0.05, 0) is 37.9 Å². The number of hydrogen-bond donors (Lipinski definition) is 3. The van der Waals surface area contributed by atoms with Crippen molar-refractivity contribution in [2.45, 2.75) is 32.9 Å². The molecule has 2 atom stereocenters. The van der Waals surface area contributed by atoms with Crippen molar-refractivity contribution in [1.29, 1.82) is 0 Å². The molecule has 0 saturated carbocycles. The van der Waals surface area contributed by atoms with E-state index in [0.29, 0.717) is 12.6 Å². The summed E-state index contributed by atoms with van der Waals surface area (Å²) in [6, 6.07) is 10.7. The zero-order chi connectivity index (χ0) is 20.6. The monoisotopic (exact) mass is 417 g/mol. The van der Waals surface area contributed by atoms with Crippen LogP contribution in [-0.2, 0) is 0 Å². The molecule has 0 amide bonds. The van der Waals surface area contributed by atoms with Gasteiger partial charge in [-0.3, -0.25) is 9.89 Å². The molecule has 6 nitrogen and oxygen atoms in total. The fraction of sp³-hybridized carbons (Fsp3) is 0.591. The van der Waals surface area contributed by atoms with Gasteiger partial charge in [-0.15, -0.1) is 11.3 Å². The molecule has 2 heterocycles. The normalized spacial score (nSPS) is 18.7. The Hall–Kier alpha value is -1.67. The lowest BCUT2D eigenvalue weighted by Crippen LogP contribution is -2.50. The molecule has 0 radical (unpaired) electrons. The molecule has 0 bridgehead atoms. The number of fused-ring (bicyclic) bond motifs is 1. The molecule has 0 spiro atoms. The van der Waals surface area contributed by atoms with Crippen LogP contribution in [0.5, 0.6) is 0 Å². The molecule has 29 heavy (non-hydrogen) atoms. The van der Waals surface area contributed by atoms with Crippen LogP contribution in [0.1, 0.15) is 31.8 Å². The lowest BCUT2D eigenvalue weighted by molar-refractivity contribution is 0.109. The van der Waals surface area contributed by atoms with Gasteiger partial charge in [-0.2, -0.15) is 0 Å². The standard InChI is InChI=1S/C22H35N5OS/c1-4-23-22(24-15-17(3)27-12-10-26(5-2)11-13-27)25-16-19(28)21-14-18-8-6-7-9-20(18)29-21/h6-9,14,17,19,28H,4-5,10-13,15-16H2,1-3H3,(H2,23,24,25). The van der Waals surface area contributed by atoms with Crippen molar-refractivity contribution in [2.24, 2.45) is 4.99 Å². The Morgan fingerprint density at radius 2 is 1.93 bits per heavy atom. The van der Waals surface area contributed by atoms with E-state index in [1.807, 2.05) is 12.1 Å². The van der Waals surface area contributed by atoms with E-state index >= 15 is 0 Å². The van der Waals surface area contributed by atoms with Crippen molar-refractivity contribution in [3.63, 3.8) is 0 Å². The first kappa shape index (κ1) is 22.0. The summed E-state index contributed by atoms with van der Waals surface area (Å²) in [4.78, 5) is 10.8. The largest absolute Gasteiger partial charge is 0.386 e. The van der Waals surface area contributed by atoms with E-state index < -0.39 is 6.10 Å². The van der Waals surface area contributed by atoms with Crippen LogP contribution in [0, 0.1) is 0 Å². The highest BCUT2D eigenvalue weighted by Gasteiger charge is 2.20. The zero-order valence-corrected chi connectivity index (χ0v) is 18.7. The molecule has 1 aliphatic rings. The summed E-state index contributed by atoms with van der Waals surface area (Å²) in [5.74, 6) is 0.770. The third-order valence-electron chi connectivity index (χ3n) is 5.57. The minimum absolute atomic E-state index is 0.414. The molecule has 3 N–H and O–H groups in total. The maximum Gasteiger partial charge on any atom is 0.191 e. The topological polar surface area (TPSA) is 63.1 Å². The highest BCUT2D eigenvalue weighted by molar-refractivity contribution is 7.19. The minimum atomic E-state index is -0.546. The second kappa shape index (κ2) is 10.9. The Morgan fingerprint density at radius 3 is 2.62 bits per heavy atom. The first-order chi connectivity index (χ1) is 14.1. The fourth-order valence-corrected chi connectivity index (χ4v) is 4.71. The van der Waals surface area contributed by atoms with Crippen molar-refractivity contribution in [3.8, 4) is 0 Å². The van der Waals surface area contributed by atoms with E-state index in [1.165, 1.54) is 10.1 Å². The Kier molecular flexibility index (Phi) is 8.29. The number of nitrogens with one attached hydrogen (secondary N) is 2. The van der Waals surface area contributed by atoms with E-state index in [2.05, 4.69) is 59.4 Å². The van der Waals surface area contributed by atoms with E-state index in [-0.39, 0.29) is 0 Å².